The molecule has 0 saturated heterocycles. The molecule has 1 aliphatic rings. The molecule has 1 aliphatic heterocycles. The lowest BCUT2D eigenvalue weighted by molar-refractivity contribution is 0.140. The van der Waals surface area contributed by atoms with Crippen LogP contribution in [0.2, 0.25) is 5.02 Å². The summed E-state index contributed by atoms with van der Waals surface area (Å²) in [5.74, 6) is 1.61. The Morgan fingerprint density at radius 3 is 3.10 bits per heavy atom. The van der Waals surface area contributed by atoms with Crippen molar-refractivity contribution in [3.05, 3.63) is 33.5 Å². The number of rotatable bonds is 3. The summed E-state index contributed by atoms with van der Waals surface area (Å²) in [7, 11) is 0. The number of halogens is 2. The summed E-state index contributed by atoms with van der Waals surface area (Å²) in [6.07, 6.45) is 0.861. The molecular weight excluding hydrogens is 356 g/mol. The van der Waals surface area contributed by atoms with Crippen LogP contribution in [0.15, 0.2) is 22.8 Å². The van der Waals surface area contributed by atoms with Gasteiger partial charge in [-0.2, -0.15) is 0 Å². The van der Waals surface area contributed by atoms with Crippen LogP contribution in [0.1, 0.15) is 12.6 Å². The molecule has 0 atom stereocenters. The molecule has 0 fully saturated rings. The van der Waals surface area contributed by atoms with E-state index in [9.17, 15) is 0 Å². The summed E-state index contributed by atoms with van der Waals surface area (Å²) in [5.41, 5.74) is 2.17. The van der Waals surface area contributed by atoms with E-state index in [1.807, 2.05) is 25.1 Å². The second-order valence-corrected chi connectivity index (χ2v) is 5.92. The largest absolute Gasteiger partial charge is 0.492 e. The third-order valence-electron chi connectivity index (χ3n) is 3.46. The summed E-state index contributed by atoms with van der Waals surface area (Å²) in [6, 6.07) is 5.77. The van der Waals surface area contributed by atoms with E-state index in [4.69, 9.17) is 21.1 Å². The first-order chi connectivity index (χ1) is 10.2. The molecule has 1 aromatic heterocycles. The van der Waals surface area contributed by atoms with Crippen molar-refractivity contribution in [1.29, 1.82) is 0 Å². The molecule has 1 aromatic carbocycles. The maximum atomic E-state index is 6.16. The van der Waals surface area contributed by atoms with E-state index in [-0.39, 0.29) is 0 Å². The highest BCUT2D eigenvalue weighted by molar-refractivity contribution is 9.10. The van der Waals surface area contributed by atoms with Crippen LogP contribution in [0, 0.1) is 0 Å². The van der Waals surface area contributed by atoms with Crippen molar-refractivity contribution in [1.82, 2.24) is 9.55 Å². The zero-order chi connectivity index (χ0) is 14.8. The van der Waals surface area contributed by atoms with Crippen LogP contribution < -0.4 is 4.74 Å². The second-order valence-electron chi connectivity index (χ2n) is 4.77. The van der Waals surface area contributed by atoms with E-state index in [0.29, 0.717) is 24.0 Å². The van der Waals surface area contributed by atoms with E-state index in [2.05, 4.69) is 25.5 Å². The number of hydrogen-bond donors (Lipinski definition) is 0. The quantitative estimate of drug-likeness (QED) is 0.820. The highest BCUT2D eigenvalue weighted by Gasteiger charge is 2.19. The fourth-order valence-electron chi connectivity index (χ4n) is 2.49. The minimum atomic E-state index is 0.584. The van der Waals surface area contributed by atoms with Crippen molar-refractivity contribution in [3.8, 4) is 17.1 Å². The Morgan fingerprint density at radius 1 is 1.43 bits per heavy atom. The third-order valence-corrected chi connectivity index (χ3v) is 4.40. The van der Waals surface area contributed by atoms with Gasteiger partial charge in [0.2, 0.25) is 0 Å². The molecule has 0 bridgehead atoms. The van der Waals surface area contributed by atoms with E-state index in [1.54, 1.807) is 0 Å². The number of fused-ring (bicyclic) bond motifs is 1. The molecule has 0 spiro atoms. The van der Waals surface area contributed by atoms with Gasteiger partial charge in [-0.15, -0.1) is 0 Å². The summed E-state index contributed by atoms with van der Waals surface area (Å²) >= 11 is 9.71. The summed E-state index contributed by atoms with van der Waals surface area (Å²) < 4.78 is 14.2. The monoisotopic (exact) mass is 370 g/mol. The minimum Gasteiger partial charge on any atom is -0.492 e. The first-order valence-electron chi connectivity index (χ1n) is 6.96. The maximum Gasteiger partial charge on any atom is 0.141 e. The molecule has 0 unspecified atom stereocenters. The van der Waals surface area contributed by atoms with Crippen molar-refractivity contribution in [2.45, 2.75) is 19.9 Å². The standard InChI is InChI=1S/C15H16BrClN2O2/c1-2-21-13-9-10(3-4-11(13)17)15-18-14(16)12-5-7-20-8-6-19(12)15/h3-4,9H,2,5-8H2,1H3. The van der Waals surface area contributed by atoms with Crippen LogP contribution in [0.4, 0.5) is 0 Å². The zero-order valence-electron chi connectivity index (χ0n) is 11.7. The Kier molecular flexibility index (Phi) is 4.52. The molecule has 112 valence electrons. The fourth-order valence-corrected chi connectivity index (χ4v) is 3.24. The van der Waals surface area contributed by atoms with E-state index in [0.717, 1.165) is 35.6 Å². The highest BCUT2D eigenvalue weighted by Crippen LogP contribution is 2.33. The van der Waals surface area contributed by atoms with Gasteiger partial charge in [-0.25, -0.2) is 4.98 Å². The number of imidazole rings is 1. The molecule has 21 heavy (non-hydrogen) atoms. The number of nitrogens with zero attached hydrogens (tertiary/aromatic N) is 2. The van der Waals surface area contributed by atoms with Crippen LogP contribution in [0.5, 0.6) is 5.75 Å². The average molecular weight is 372 g/mol. The van der Waals surface area contributed by atoms with Crippen molar-refractivity contribution >= 4 is 27.5 Å². The van der Waals surface area contributed by atoms with Crippen molar-refractivity contribution in [2.75, 3.05) is 19.8 Å². The van der Waals surface area contributed by atoms with Crippen LogP contribution >= 0.6 is 27.5 Å². The normalized spacial score (nSPS) is 14.6. The van der Waals surface area contributed by atoms with Gasteiger partial charge in [0.1, 0.15) is 16.2 Å². The Morgan fingerprint density at radius 2 is 2.29 bits per heavy atom. The van der Waals surface area contributed by atoms with Gasteiger partial charge in [-0.1, -0.05) is 11.6 Å². The summed E-state index contributed by atoms with van der Waals surface area (Å²) in [5, 5.41) is 0.616. The summed E-state index contributed by atoms with van der Waals surface area (Å²) in [4.78, 5) is 4.66. The van der Waals surface area contributed by atoms with Gasteiger partial charge in [0.05, 0.1) is 30.5 Å². The molecule has 0 amide bonds. The van der Waals surface area contributed by atoms with Crippen molar-refractivity contribution in [2.24, 2.45) is 0 Å². The van der Waals surface area contributed by atoms with Crippen LogP contribution in [0.25, 0.3) is 11.4 Å². The van der Waals surface area contributed by atoms with Gasteiger partial charge >= 0.3 is 0 Å². The Labute approximate surface area is 137 Å². The predicted molar refractivity (Wildman–Crippen MR) is 86.1 cm³/mol. The van der Waals surface area contributed by atoms with Crippen LogP contribution in [0.3, 0.4) is 0 Å². The number of benzene rings is 1. The van der Waals surface area contributed by atoms with Gasteiger partial charge in [-0.3, -0.25) is 0 Å². The van der Waals surface area contributed by atoms with Gasteiger partial charge in [0.15, 0.2) is 0 Å². The number of ether oxygens (including phenoxy) is 2. The first kappa shape index (κ1) is 14.9. The second kappa shape index (κ2) is 6.38. The minimum absolute atomic E-state index is 0.584. The summed E-state index contributed by atoms with van der Waals surface area (Å²) in [6.45, 7) is 4.76. The Bertz CT molecular complexity index is 657. The van der Waals surface area contributed by atoms with Crippen molar-refractivity contribution < 1.29 is 9.47 Å². The molecule has 4 nitrogen and oxygen atoms in total. The SMILES string of the molecule is CCOc1cc(-c2nc(Br)c3n2CCOCC3)ccc1Cl. The Balaban J connectivity index is 2.06. The van der Waals surface area contributed by atoms with Gasteiger partial charge in [-0.05, 0) is 41.1 Å². The predicted octanol–water partition coefficient (Wildman–Crippen LogP) is 3.94. The number of aromatic nitrogens is 2. The maximum absolute atomic E-state index is 6.16. The first-order valence-corrected chi connectivity index (χ1v) is 8.13. The molecule has 0 radical (unpaired) electrons. The van der Waals surface area contributed by atoms with E-state index < -0.39 is 0 Å². The Hall–Kier alpha value is -1.04. The zero-order valence-corrected chi connectivity index (χ0v) is 14.1. The van der Waals surface area contributed by atoms with Gasteiger partial charge < -0.3 is 14.0 Å². The third kappa shape index (κ3) is 2.96. The molecule has 3 rings (SSSR count). The fraction of sp³-hybridized carbons (Fsp3) is 0.400. The topological polar surface area (TPSA) is 36.3 Å². The van der Waals surface area contributed by atoms with Crippen LogP contribution in [-0.4, -0.2) is 29.4 Å². The lowest BCUT2D eigenvalue weighted by Crippen LogP contribution is -2.05. The lowest BCUT2D eigenvalue weighted by Gasteiger charge is -2.10. The van der Waals surface area contributed by atoms with E-state index >= 15 is 0 Å². The molecule has 2 heterocycles. The van der Waals surface area contributed by atoms with Gasteiger partial charge in [0.25, 0.3) is 0 Å². The average Bonchev–Trinajstić information content (AvgIpc) is 2.67. The molecule has 0 aliphatic carbocycles. The lowest BCUT2D eigenvalue weighted by atomic mass is 10.2. The highest BCUT2D eigenvalue weighted by atomic mass is 79.9. The molecule has 2 aromatic rings. The smallest absolute Gasteiger partial charge is 0.141 e. The molecule has 0 saturated carbocycles. The molecule has 6 heteroatoms. The van der Waals surface area contributed by atoms with E-state index in [1.165, 1.54) is 5.69 Å². The molecule has 0 N–H and O–H groups in total. The molecular formula is C15H16BrClN2O2. The van der Waals surface area contributed by atoms with Crippen molar-refractivity contribution in [3.63, 3.8) is 0 Å². The number of hydrogen-bond acceptors (Lipinski definition) is 3. The van der Waals surface area contributed by atoms with Crippen LogP contribution in [-0.2, 0) is 17.7 Å². The van der Waals surface area contributed by atoms with Gasteiger partial charge in [0, 0.05) is 18.5 Å².